The summed E-state index contributed by atoms with van der Waals surface area (Å²) in [4.78, 5) is 0. The molecule has 1 aromatic rings. The number of ether oxygens (including phenoxy) is 1. The molecule has 0 bridgehead atoms. The van der Waals surface area contributed by atoms with Crippen molar-refractivity contribution in [3.05, 3.63) is 47.0 Å². The van der Waals surface area contributed by atoms with Crippen LogP contribution in [0.3, 0.4) is 0 Å². The van der Waals surface area contributed by atoms with Gasteiger partial charge in [-0.05, 0) is 11.6 Å². The highest BCUT2D eigenvalue weighted by Crippen LogP contribution is 2.42. The summed E-state index contributed by atoms with van der Waals surface area (Å²) in [5.74, 6) is 0. The summed E-state index contributed by atoms with van der Waals surface area (Å²) in [5, 5.41) is 0. The first-order valence-corrected chi connectivity index (χ1v) is 4.64. The lowest BCUT2D eigenvalue weighted by atomic mass is 10.1. The van der Waals surface area contributed by atoms with Crippen molar-refractivity contribution in [2.45, 2.75) is 12.2 Å². The van der Waals surface area contributed by atoms with E-state index in [1.807, 2.05) is 24.3 Å². The lowest BCUT2D eigenvalue weighted by Gasteiger charge is -1.97. The highest BCUT2D eigenvalue weighted by Gasteiger charge is 2.38. The van der Waals surface area contributed by atoms with E-state index >= 15 is 0 Å². The Bertz CT molecular complexity index is 308. The first-order valence-electron chi connectivity index (χ1n) is 3.85. The van der Waals surface area contributed by atoms with Crippen molar-refractivity contribution in [1.82, 2.24) is 0 Å². The van der Waals surface area contributed by atoms with Crippen molar-refractivity contribution in [2.24, 2.45) is 0 Å². The van der Waals surface area contributed by atoms with Crippen LogP contribution in [-0.4, -0.2) is 6.10 Å². The van der Waals surface area contributed by atoms with E-state index in [-0.39, 0.29) is 12.2 Å². The summed E-state index contributed by atoms with van der Waals surface area (Å²) >= 11 is 3.48. The van der Waals surface area contributed by atoms with Gasteiger partial charge in [-0.2, -0.15) is 0 Å². The molecule has 0 radical (unpaired) electrons. The van der Waals surface area contributed by atoms with E-state index < -0.39 is 0 Å². The van der Waals surface area contributed by atoms with Gasteiger partial charge in [0, 0.05) is 4.47 Å². The second kappa shape index (κ2) is 3.04. The van der Waals surface area contributed by atoms with E-state index in [4.69, 9.17) is 4.74 Å². The van der Waals surface area contributed by atoms with Gasteiger partial charge in [-0.1, -0.05) is 40.2 Å². The molecule has 1 nitrogen and oxygen atoms in total. The molecule has 0 N–H and O–H groups in total. The lowest BCUT2D eigenvalue weighted by molar-refractivity contribution is 0.393. The van der Waals surface area contributed by atoms with Gasteiger partial charge in [0.15, 0.2) is 0 Å². The molecule has 1 heterocycles. The van der Waals surface area contributed by atoms with Crippen molar-refractivity contribution in [3.8, 4) is 0 Å². The first-order chi connectivity index (χ1) is 5.83. The zero-order valence-electron chi connectivity index (χ0n) is 6.53. The van der Waals surface area contributed by atoms with Crippen molar-refractivity contribution >= 4 is 15.9 Å². The average Bonchev–Trinajstić information content (AvgIpc) is 2.84. The minimum Gasteiger partial charge on any atom is -0.360 e. The van der Waals surface area contributed by atoms with Crippen LogP contribution in [-0.2, 0) is 4.74 Å². The maximum atomic E-state index is 5.38. The largest absolute Gasteiger partial charge is 0.360 e. The Morgan fingerprint density at radius 3 is 2.75 bits per heavy atom. The van der Waals surface area contributed by atoms with Gasteiger partial charge in [-0.25, -0.2) is 0 Å². The van der Waals surface area contributed by atoms with Crippen LogP contribution in [0.15, 0.2) is 41.4 Å². The number of halogens is 1. The molecule has 1 aliphatic heterocycles. The van der Waals surface area contributed by atoms with E-state index in [0.29, 0.717) is 0 Å². The average molecular weight is 225 g/mol. The Morgan fingerprint density at radius 2 is 2.17 bits per heavy atom. The molecule has 0 amide bonds. The van der Waals surface area contributed by atoms with Gasteiger partial charge in [0.2, 0.25) is 0 Å². The molecule has 0 aliphatic carbocycles. The van der Waals surface area contributed by atoms with Gasteiger partial charge in [-0.15, -0.1) is 6.58 Å². The zero-order valence-corrected chi connectivity index (χ0v) is 8.12. The third-order valence-electron chi connectivity index (χ3n) is 1.97. The minimum atomic E-state index is 0.212. The number of epoxide rings is 1. The Labute approximate surface area is 80.2 Å². The van der Waals surface area contributed by atoms with Gasteiger partial charge >= 0.3 is 0 Å². The topological polar surface area (TPSA) is 12.5 Å². The Balaban J connectivity index is 2.25. The summed E-state index contributed by atoms with van der Waals surface area (Å²) in [6, 6.07) is 8.11. The fourth-order valence-corrected chi connectivity index (χ4v) is 1.77. The van der Waals surface area contributed by atoms with Crippen LogP contribution in [0.25, 0.3) is 0 Å². The van der Waals surface area contributed by atoms with Gasteiger partial charge in [0.1, 0.15) is 12.2 Å². The fourth-order valence-electron chi connectivity index (χ4n) is 1.26. The Kier molecular flexibility index (Phi) is 2.03. The van der Waals surface area contributed by atoms with Crippen molar-refractivity contribution in [3.63, 3.8) is 0 Å². The van der Waals surface area contributed by atoms with Crippen LogP contribution in [0, 0.1) is 0 Å². The summed E-state index contributed by atoms with van der Waals surface area (Å²) in [5.41, 5.74) is 1.21. The predicted molar refractivity (Wildman–Crippen MR) is 52.0 cm³/mol. The third-order valence-corrected chi connectivity index (χ3v) is 2.69. The first kappa shape index (κ1) is 8.02. The van der Waals surface area contributed by atoms with Gasteiger partial charge < -0.3 is 4.74 Å². The van der Waals surface area contributed by atoms with Crippen LogP contribution in [0.4, 0.5) is 0 Å². The Morgan fingerprint density at radius 1 is 1.42 bits per heavy atom. The molecule has 2 rings (SSSR count). The monoisotopic (exact) mass is 224 g/mol. The standard InChI is InChI=1S/C10H9BrO/c1-2-9-10(12-9)7-5-3-4-6-8(7)11/h2-6,9-10H,1H2/t9-,10+/m0/s1. The SMILES string of the molecule is C=C[C@@H]1O[C@@H]1c1ccccc1Br. The number of rotatable bonds is 2. The van der Waals surface area contributed by atoms with Crippen molar-refractivity contribution < 1.29 is 4.74 Å². The quantitative estimate of drug-likeness (QED) is 0.556. The second-order valence-corrected chi connectivity index (χ2v) is 3.63. The van der Waals surface area contributed by atoms with E-state index in [1.54, 1.807) is 0 Å². The maximum Gasteiger partial charge on any atom is 0.114 e. The molecular formula is C10H9BrO. The molecule has 62 valence electrons. The lowest BCUT2D eigenvalue weighted by Crippen LogP contribution is -1.85. The van der Waals surface area contributed by atoms with Crippen molar-refractivity contribution in [1.29, 1.82) is 0 Å². The smallest absolute Gasteiger partial charge is 0.114 e. The van der Waals surface area contributed by atoms with Crippen LogP contribution >= 0.6 is 15.9 Å². The summed E-state index contributed by atoms with van der Waals surface area (Å²) < 4.78 is 6.50. The molecule has 1 aliphatic rings. The fraction of sp³-hybridized carbons (Fsp3) is 0.200. The molecule has 1 saturated heterocycles. The van der Waals surface area contributed by atoms with Gasteiger partial charge in [0.05, 0.1) is 0 Å². The zero-order chi connectivity index (χ0) is 8.55. The number of hydrogen-bond acceptors (Lipinski definition) is 1. The maximum absolute atomic E-state index is 5.38. The van der Waals surface area contributed by atoms with Crippen molar-refractivity contribution in [2.75, 3.05) is 0 Å². The van der Waals surface area contributed by atoms with Crippen LogP contribution < -0.4 is 0 Å². The molecular weight excluding hydrogens is 216 g/mol. The molecule has 12 heavy (non-hydrogen) atoms. The number of hydrogen-bond donors (Lipinski definition) is 0. The predicted octanol–water partition coefficient (Wildman–Crippen LogP) is 3.08. The summed E-state index contributed by atoms with van der Waals surface area (Å²) in [6.45, 7) is 3.69. The molecule has 2 heteroatoms. The summed E-state index contributed by atoms with van der Waals surface area (Å²) in [6.07, 6.45) is 2.27. The number of benzene rings is 1. The normalized spacial score (nSPS) is 26.8. The van der Waals surface area contributed by atoms with Gasteiger partial charge in [-0.3, -0.25) is 0 Å². The highest BCUT2D eigenvalue weighted by atomic mass is 79.9. The molecule has 0 saturated carbocycles. The molecule has 0 spiro atoms. The van der Waals surface area contributed by atoms with Gasteiger partial charge in [0.25, 0.3) is 0 Å². The highest BCUT2D eigenvalue weighted by molar-refractivity contribution is 9.10. The van der Waals surface area contributed by atoms with E-state index in [1.165, 1.54) is 5.56 Å². The second-order valence-electron chi connectivity index (χ2n) is 2.78. The molecule has 0 aromatic heterocycles. The third kappa shape index (κ3) is 1.32. The van der Waals surface area contributed by atoms with Crippen LogP contribution in [0.1, 0.15) is 11.7 Å². The van der Waals surface area contributed by atoms with Crippen LogP contribution in [0.2, 0.25) is 0 Å². The van der Waals surface area contributed by atoms with Crippen LogP contribution in [0.5, 0.6) is 0 Å². The minimum absolute atomic E-state index is 0.212. The molecule has 2 atom stereocenters. The summed E-state index contributed by atoms with van der Waals surface area (Å²) in [7, 11) is 0. The Hall–Kier alpha value is -0.600. The van der Waals surface area contributed by atoms with E-state index in [9.17, 15) is 0 Å². The molecule has 1 fully saturated rings. The van der Waals surface area contributed by atoms with E-state index in [0.717, 1.165) is 4.47 Å². The molecule has 0 unspecified atom stereocenters. The van der Waals surface area contributed by atoms with E-state index in [2.05, 4.69) is 28.6 Å². The molecule has 1 aromatic carbocycles.